The molecule has 36 heavy (non-hydrogen) atoms. The van der Waals surface area contributed by atoms with Gasteiger partial charge >= 0.3 is 6.18 Å². The molecule has 0 aromatic heterocycles. The van der Waals surface area contributed by atoms with E-state index in [4.69, 9.17) is 9.47 Å². The van der Waals surface area contributed by atoms with Crippen molar-refractivity contribution in [3.63, 3.8) is 0 Å². The second kappa shape index (κ2) is 10.9. The van der Waals surface area contributed by atoms with E-state index in [1.165, 1.54) is 18.2 Å². The third-order valence-corrected chi connectivity index (χ3v) is 5.87. The minimum atomic E-state index is -5.11. The van der Waals surface area contributed by atoms with Gasteiger partial charge in [0, 0.05) is 11.5 Å². The van der Waals surface area contributed by atoms with Gasteiger partial charge in [-0.1, -0.05) is 55.5 Å². The van der Waals surface area contributed by atoms with Gasteiger partial charge in [0.1, 0.15) is 23.0 Å². The molecule has 0 aliphatic carbocycles. The van der Waals surface area contributed by atoms with E-state index in [1.54, 1.807) is 12.1 Å². The Balaban J connectivity index is 1.37. The van der Waals surface area contributed by atoms with Crippen LogP contribution in [0.2, 0.25) is 0 Å². The molecule has 8 heteroatoms. The summed E-state index contributed by atoms with van der Waals surface area (Å²) >= 11 is 0. The predicted molar refractivity (Wildman–Crippen MR) is 124 cm³/mol. The van der Waals surface area contributed by atoms with E-state index in [0.29, 0.717) is 55.2 Å². The zero-order valence-electron chi connectivity index (χ0n) is 19.4. The van der Waals surface area contributed by atoms with Crippen molar-refractivity contribution < 1.29 is 35.8 Å². The molecule has 1 aliphatic heterocycles. The van der Waals surface area contributed by atoms with Crippen molar-refractivity contribution in [2.75, 3.05) is 13.2 Å². The average Bonchev–Trinajstić information content (AvgIpc) is 2.82. The lowest BCUT2D eigenvalue weighted by Gasteiger charge is -2.27. The summed E-state index contributed by atoms with van der Waals surface area (Å²) in [5.74, 6) is -3.40. The van der Waals surface area contributed by atoms with Gasteiger partial charge in [-0.05, 0) is 53.3 Å². The van der Waals surface area contributed by atoms with Crippen LogP contribution in [0.1, 0.15) is 41.9 Å². The van der Waals surface area contributed by atoms with Crippen LogP contribution in [0.3, 0.4) is 0 Å². The Morgan fingerprint density at radius 2 is 1.44 bits per heavy atom. The van der Waals surface area contributed by atoms with Gasteiger partial charge in [-0.3, -0.25) is 0 Å². The Kier molecular flexibility index (Phi) is 7.85. The standard InChI is InChI=1S/C28H24F6O2/c1-17-15-35-27(36-16-17)21-9-6-19(7-10-21)22-11-8-20(23(29)14-22)5-3-2-4-18-12-24(30)26(25(31)13-18)28(32,33)34/h2,4,6-14,17,27H,3,5,15-16H2,1H3/b4-2+. The molecular weight excluding hydrogens is 482 g/mol. The summed E-state index contributed by atoms with van der Waals surface area (Å²) in [6, 6.07) is 13.7. The third kappa shape index (κ3) is 6.17. The third-order valence-electron chi connectivity index (χ3n) is 5.87. The highest BCUT2D eigenvalue weighted by atomic mass is 19.4. The second-order valence-corrected chi connectivity index (χ2v) is 8.83. The summed E-state index contributed by atoms with van der Waals surface area (Å²) in [6.45, 7) is 3.31. The highest BCUT2D eigenvalue weighted by Gasteiger charge is 2.37. The average molecular weight is 506 g/mol. The first-order valence-electron chi connectivity index (χ1n) is 11.5. The van der Waals surface area contributed by atoms with Gasteiger partial charge in [0.25, 0.3) is 0 Å². The molecule has 3 aromatic carbocycles. The van der Waals surface area contributed by atoms with E-state index >= 15 is 0 Å². The van der Waals surface area contributed by atoms with Crippen molar-refractivity contribution in [1.29, 1.82) is 0 Å². The Hall–Kier alpha value is -3.10. The molecule has 2 nitrogen and oxygen atoms in total. The van der Waals surface area contributed by atoms with Crippen molar-refractivity contribution in [3.8, 4) is 11.1 Å². The van der Waals surface area contributed by atoms with Crippen LogP contribution < -0.4 is 0 Å². The number of halogens is 6. The van der Waals surface area contributed by atoms with Crippen molar-refractivity contribution in [1.82, 2.24) is 0 Å². The van der Waals surface area contributed by atoms with Crippen molar-refractivity contribution in [3.05, 3.63) is 100 Å². The zero-order chi connectivity index (χ0) is 25.9. The van der Waals surface area contributed by atoms with Gasteiger partial charge in [-0.2, -0.15) is 13.2 Å². The van der Waals surface area contributed by atoms with Gasteiger partial charge in [0.2, 0.25) is 0 Å². The van der Waals surface area contributed by atoms with Crippen molar-refractivity contribution in [2.24, 2.45) is 5.92 Å². The molecule has 0 N–H and O–H groups in total. The summed E-state index contributed by atoms with van der Waals surface area (Å²) in [5, 5.41) is 0. The number of allylic oxidation sites excluding steroid dienone is 1. The van der Waals surface area contributed by atoms with E-state index in [1.807, 2.05) is 24.3 Å². The van der Waals surface area contributed by atoms with Gasteiger partial charge in [0.05, 0.1) is 13.2 Å². The first-order valence-corrected chi connectivity index (χ1v) is 11.5. The van der Waals surface area contributed by atoms with E-state index < -0.39 is 35.5 Å². The molecule has 3 aromatic rings. The number of ether oxygens (including phenoxy) is 2. The molecule has 0 bridgehead atoms. The summed E-state index contributed by atoms with van der Waals surface area (Å²) in [7, 11) is 0. The molecule has 0 atom stereocenters. The first kappa shape index (κ1) is 26.0. The molecule has 4 rings (SSSR count). The maximum absolute atomic E-state index is 14.7. The minimum Gasteiger partial charge on any atom is -0.348 e. The fourth-order valence-corrected chi connectivity index (χ4v) is 3.97. The fraction of sp³-hybridized carbons (Fsp3) is 0.286. The molecule has 0 saturated carbocycles. The second-order valence-electron chi connectivity index (χ2n) is 8.83. The summed E-state index contributed by atoms with van der Waals surface area (Å²) < 4.78 is 91.5. The molecular formula is C28H24F6O2. The number of aryl methyl sites for hydroxylation is 1. The molecule has 0 spiro atoms. The smallest absolute Gasteiger partial charge is 0.348 e. The highest BCUT2D eigenvalue weighted by Crippen LogP contribution is 2.34. The molecule has 1 heterocycles. The maximum atomic E-state index is 14.7. The van der Waals surface area contributed by atoms with Gasteiger partial charge < -0.3 is 9.47 Å². The summed E-state index contributed by atoms with van der Waals surface area (Å²) in [4.78, 5) is 0. The Labute approximate surface area is 205 Å². The van der Waals surface area contributed by atoms with E-state index in [2.05, 4.69) is 6.92 Å². The largest absolute Gasteiger partial charge is 0.422 e. The van der Waals surface area contributed by atoms with Gasteiger partial charge in [0.15, 0.2) is 6.29 Å². The van der Waals surface area contributed by atoms with Crippen molar-refractivity contribution in [2.45, 2.75) is 32.2 Å². The number of hydrogen-bond acceptors (Lipinski definition) is 2. The molecule has 0 amide bonds. The zero-order valence-corrected chi connectivity index (χ0v) is 19.4. The SMILES string of the molecule is CC1COC(c2ccc(-c3ccc(CC/C=C/c4cc(F)c(C(F)(F)F)c(F)c4)c(F)c3)cc2)OC1. The fourth-order valence-electron chi connectivity index (χ4n) is 3.97. The van der Waals surface area contributed by atoms with Crippen molar-refractivity contribution >= 4 is 6.08 Å². The molecule has 0 unspecified atom stereocenters. The monoisotopic (exact) mass is 506 g/mol. The van der Waals surface area contributed by atoms with Gasteiger partial charge in [-0.25, -0.2) is 13.2 Å². The lowest BCUT2D eigenvalue weighted by molar-refractivity contribution is -0.202. The summed E-state index contributed by atoms with van der Waals surface area (Å²) in [6.07, 6.45) is -2.04. The lowest BCUT2D eigenvalue weighted by Crippen LogP contribution is -2.24. The molecule has 190 valence electrons. The number of alkyl halides is 3. The molecule has 1 aliphatic rings. The molecule has 0 radical (unpaired) electrons. The van der Waals surface area contributed by atoms with Crippen LogP contribution in [0.4, 0.5) is 26.3 Å². The van der Waals surface area contributed by atoms with E-state index in [9.17, 15) is 26.3 Å². The van der Waals surface area contributed by atoms with Crippen LogP contribution in [0.25, 0.3) is 17.2 Å². The predicted octanol–water partition coefficient (Wildman–Crippen LogP) is 8.12. The van der Waals surface area contributed by atoms with Crippen LogP contribution in [-0.2, 0) is 22.1 Å². The molecule has 1 fully saturated rings. The maximum Gasteiger partial charge on any atom is 0.422 e. The first-order chi connectivity index (χ1) is 17.1. The number of benzene rings is 3. The summed E-state index contributed by atoms with van der Waals surface area (Å²) in [5.41, 5.74) is 0.913. The Morgan fingerprint density at radius 3 is 2.03 bits per heavy atom. The van der Waals surface area contributed by atoms with Crippen LogP contribution in [-0.4, -0.2) is 13.2 Å². The normalized spacial score (nSPS) is 18.6. The van der Waals surface area contributed by atoms with Crippen LogP contribution in [0, 0.1) is 23.4 Å². The van der Waals surface area contributed by atoms with Crippen LogP contribution in [0.15, 0.2) is 60.7 Å². The molecule has 1 saturated heterocycles. The van der Waals surface area contributed by atoms with Gasteiger partial charge in [-0.15, -0.1) is 0 Å². The van der Waals surface area contributed by atoms with Crippen LogP contribution >= 0.6 is 0 Å². The lowest BCUT2D eigenvalue weighted by atomic mass is 10.00. The Bertz CT molecular complexity index is 1200. The topological polar surface area (TPSA) is 18.5 Å². The number of rotatable bonds is 6. The Morgan fingerprint density at radius 1 is 0.833 bits per heavy atom. The highest BCUT2D eigenvalue weighted by molar-refractivity contribution is 5.64. The van der Waals surface area contributed by atoms with E-state index in [0.717, 1.165) is 11.1 Å². The van der Waals surface area contributed by atoms with Crippen LogP contribution in [0.5, 0.6) is 0 Å². The van der Waals surface area contributed by atoms with E-state index in [-0.39, 0.29) is 5.56 Å². The quantitative estimate of drug-likeness (QED) is 0.315. The number of hydrogen-bond donors (Lipinski definition) is 0. The minimum absolute atomic E-state index is 0.0456.